The van der Waals surface area contributed by atoms with Crippen molar-refractivity contribution in [3.63, 3.8) is 0 Å². The summed E-state index contributed by atoms with van der Waals surface area (Å²) in [4.78, 5) is 10.9. The van der Waals surface area contributed by atoms with Gasteiger partial charge in [-0.2, -0.15) is 8.42 Å². The van der Waals surface area contributed by atoms with Gasteiger partial charge < -0.3 is 13.1 Å². The molecule has 8 nitrogen and oxygen atoms in total. The van der Waals surface area contributed by atoms with Gasteiger partial charge in [-0.25, -0.2) is 4.79 Å². The van der Waals surface area contributed by atoms with Crippen LogP contribution in [0.2, 0.25) is 5.02 Å². The van der Waals surface area contributed by atoms with Crippen molar-refractivity contribution in [1.29, 1.82) is 0 Å². The van der Waals surface area contributed by atoms with Crippen LogP contribution in [0.3, 0.4) is 0 Å². The summed E-state index contributed by atoms with van der Waals surface area (Å²) in [5.74, 6) is -1.99. The zero-order chi connectivity index (χ0) is 20.6. The molecule has 0 heterocycles. The quantitative estimate of drug-likeness (QED) is 0.240. The summed E-state index contributed by atoms with van der Waals surface area (Å²) in [7, 11) is -4.62. The molecular formula is C18H15BaClN2O6S. The molecule has 11 heteroatoms. The topological polar surface area (TPSA) is 137 Å². The first kappa shape index (κ1) is 23.8. The first-order valence-corrected chi connectivity index (χ1v) is 9.58. The van der Waals surface area contributed by atoms with E-state index in [0.717, 1.165) is 6.07 Å². The van der Waals surface area contributed by atoms with Crippen LogP contribution in [0.4, 0.5) is 11.4 Å². The van der Waals surface area contributed by atoms with E-state index in [9.17, 15) is 28.0 Å². The van der Waals surface area contributed by atoms with Crippen LogP contribution in [0.25, 0.3) is 10.8 Å². The fourth-order valence-electron chi connectivity index (χ4n) is 2.61. The van der Waals surface area contributed by atoms with Gasteiger partial charge in [-0.15, -0.1) is 10.2 Å². The molecule has 0 saturated carbocycles. The van der Waals surface area contributed by atoms with E-state index in [-0.39, 0.29) is 73.7 Å². The molecule has 0 aliphatic rings. The van der Waals surface area contributed by atoms with Gasteiger partial charge in [0.25, 0.3) is 10.1 Å². The van der Waals surface area contributed by atoms with Crippen LogP contribution in [0, 0.1) is 6.92 Å². The molecule has 3 aromatic carbocycles. The summed E-state index contributed by atoms with van der Waals surface area (Å²) in [6.45, 7) is 1.55. The number of aromatic carboxylic acids is 1. The maximum atomic E-state index is 11.6. The summed E-state index contributed by atoms with van der Waals surface area (Å²) in [6, 6.07) is 10.2. The van der Waals surface area contributed by atoms with Gasteiger partial charge in [0.15, 0.2) is 5.75 Å². The van der Waals surface area contributed by atoms with Crippen molar-refractivity contribution in [1.82, 2.24) is 0 Å². The number of nitrogens with zero attached hydrogens (tertiary/aromatic N) is 2. The number of hydrogen-bond acceptors (Lipinski definition) is 6. The van der Waals surface area contributed by atoms with Crippen molar-refractivity contribution in [2.24, 2.45) is 10.2 Å². The molecule has 0 saturated heterocycles. The van der Waals surface area contributed by atoms with Gasteiger partial charge in [0.1, 0.15) is 21.8 Å². The minimum Gasteiger partial charge on any atom is -1.00 e. The van der Waals surface area contributed by atoms with Crippen LogP contribution < -0.4 is 0 Å². The number of carbonyl (C=O) groups is 1. The Kier molecular flexibility index (Phi) is 7.52. The molecule has 0 spiro atoms. The Morgan fingerprint density at radius 1 is 1.14 bits per heavy atom. The summed E-state index contributed by atoms with van der Waals surface area (Å²) in [6.07, 6.45) is 0. The summed E-state index contributed by atoms with van der Waals surface area (Å²) >= 11 is 6.01. The molecule has 0 aliphatic heterocycles. The molecule has 3 N–H and O–H groups in total. The van der Waals surface area contributed by atoms with Crippen LogP contribution in [0.5, 0.6) is 5.75 Å². The molecule has 148 valence electrons. The van der Waals surface area contributed by atoms with Crippen molar-refractivity contribution >= 4 is 98.7 Å². The van der Waals surface area contributed by atoms with E-state index < -0.39 is 26.7 Å². The zero-order valence-electron chi connectivity index (χ0n) is 17.0. The largest absolute Gasteiger partial charge is 2.00 e. The standard InChI is InChI=1S/C18H13ClN2O6S.Ba.2H/c1-9-6-15(28(25,26)27)14(8-13(9)19)20-21-16-11-5-3-2-4-10(11)7-12(17(16)22)18(23)24;;;/h2-8,22H,1H3,(H,23,24)(H,25,26,27);;;/q;+2;2*-1. The molecule has 0 fully saturated rings. The zero-order valence-corrected chi connectivity index (χ0v) is 21.0. The monoisotopic (exact) mass is 560 g/mol. The van der Waals surface area contributed by atoms with E-state index in [0.29, 0.717) is 16.3 Å². The summed E-state index contributed by atoms with van der Waals surface area (Å²) in [5, 5.41) is 28.4. The van der Waals surface area contributed by atoms with E-state index in [1.54, 1.807) is 31.2 Å². The molecule has 3 aromatic rings. The number of benzene rings is 3. The Balaban J connectivity index is 0.00000300. The number of phenols is 1. The first-order valence-electron chi connectivity index (χ1n) is 7.77. The Labute approximate surface area is 214 Å². The number of halogens is 1. The maximum Gasteiger partial charge on any atom is 2.00 e. The van der Waals surface area contributed by atoms with Crippen molar-refractivity contribution < 1.29 is 30.8 Å². The molecule has 0 aromatic heterocycles. The van der Waals surface area contributed by atoms with Crippen LogP contribution in [-0.2, 0) is 10.1 Å². The molecular weight excluding hydrogens is 545 g/mol. The number of fused-ring (bicyclic) bond motifs is 1. The van der Waals surface area contributed by atoms with Gasteiger partial charge in [-0.05, 0) is 36.1 Å². The minimum absolute atomic E-state index is 0. The second-order valence-corrected chi connectivity index (χ2v) is 7.69. The number of carboxylic acids is 1. The third kappa shape index (κ3) is 5.01. The van der Waals surface area contributed by atoms with Crippen molar-refractivity contribution in [3.05, 3.63) is 58.6 Å². The molecule has 0 aliphatic carbocycles. The second-order valence-electron chi connectivity index (χ2n) is 5.89. The first-order chi connectivity index (χ1) is 13.1. The third-order valence-corrected chi connectivity index (χ3v) is 5.29. The Morgan fingerprint density at radius 2 is 1.79 bits per heavy atom. The Bertz CT molecular complexity index is 1270. The van der Waals surface area contributed by atoms with Gasteiger partial charge in [0.05, 0.1) is 0 Å². The number of aromatic hydroxyl groups is 1. The summed E-state index contributed by atoms with van der Waals surface area (Å²) in [5.41, 5.74) is -0.408. The van der Waals surface area contributed by atoms with Gasteiger partial charge >= 0.3 is 54.9 Å². The SMILES string of the molecule is Cc1cc(S(=O)(=O)O)c(N=Nc2c(O)c(C(=O)O)cc3ccccc23)cc1Cl.[Ba+2].[H-].[H-]. The third-order valence-electron chi connectivity index (χ3n) is 4.00. The maximum absolute atomic E-state index is 11.6. The number of carboxylic acid groups (broad SMARTS) is 1. The van der Waals surface area contributed by atoms with Gasteiger partial charge in [-0.1, -0.05) is 35.9 Å². The molecule has 3 rings (SSSR count). The average molecular weight is 560 g/mol. The van der Waals surface area contributed by atoms with Crippen molar-refractivity contribution in [2.75, 3.05) is 0 Å². The van der Waals surface area contributed by atoms with Gasteiger partial charge in [0.2, 0.25) is 0 Å². The van der Waals surface area contributed by atoms with Crippen LogP contribution in [0.15, 0.2) is 57.6 Å². The predicted octanol–water partition coefficient (Wildman–Crippen LogP) is 4.71. The summed E-state index contributed by atoms with van der Waals surface area (Å²) < 4.78 is 32.7. The molecule has 29 heavy (non-hydrogen) atoms. The van der Waals surface area contributed by atoms with Crippen LogP contribution >= 0.6 is 11.6 Å². The van der Waals surface area contributed by atoms with E-state index in [2.05, 4.69) is 10.2 Å². The Hall–Kier alpha value is -1.44. The average Bonchev–Trinajstić information content (AvgIpc) is 2.61. The molecule has 0 radical (unpaired) electrons. The normalized spacial score (nSPS) is 11.6. The fraction of sp³-hybridized carbons (Fsp3) is 0.0556. The van der Waals surface area contributed by atoms with Crippen LogP contribution in [0.1, 0.15) is 18.8 Å². The smallest absolute Gasteiger partial charge is 1.00 e. The molecule has 0 unspecified atom stereocenters. The number of hydrogen-bond donors (Lipinski definition) is 3. The molecule has 0 atom stereocenters. The molecule has 0 amide bonds. The molecule has 0 bridgehead atoms. The minimum atomic E-state index is -4.62. The predicted molar refractivity (Wildman–Crippen MR) is 111 cm³/mol. The van der Waals surface area contributed by atoms with Gasteiger partial charge in [0, 0.05) is 10.4 Å². The van der Waals surface area contributed by atoms with E-state index >= 15 is 0 Å². The fourth-order valence-corrected chi connectivity index (χ4v) is 3.46. The van der Waals surface area contributed by atoms with Gasteiger partial charge in [-0.3, -0.25) is 4.55 Å². The number of rotatable bonds is 4. The van der Waals surface area contributed by atoms with E-state index in [1.807, 2.05) is 0 Å². The van der Waals surface area contributed by atoms with Crippen molar-refractivity contribution in [2.45, 2.75) is 11.8 Å². The van der Waals surface area contributed by atoms with Crippen LogP contribution in [-0.4, -0.2) is 78.0 Å². The van der Waals surface area contributed by atoms with E-state index in [4.69, 9.17) is 11.6 Å². The second kappa shape index (κ2) is 9.15. The number of aryl methyl sites for hydroxylation is 1. The Morgan fingerprint density at radius 3 is 2.41 bits per heavy atom. The van der Waals surface area contributed by atoms with E-state index in [1.165, 1.54) is 12.1 Å². The number of azo groups is 1. The van der Waals surface area contributed by atoms with Crippen molar-refractivity contribution in [3.8, 4) is 5.75 Å².